The number of carboxylic acid groups (broad SMARTS) is 1. The van der Waals surface area contributed by atoms with E-state index >= 15 is 0 Å². The van der Waals surface area contributed by atoms with Crippen LogP contribution in [0.3, 0.4) is 0 Å². The van der Waals surface area contributed by atoms with Crippen molar-refractivity contribution in [1.82, 2.24) is 25.4 Å². The number of carbonyl (C=O) groups excluding carboxylic acids is 1. The first kappa shape index (κ1) is 18.6. The van der Waals surface area contributed by atoms with E-state index < -0.39 is 0 Å². The van der Waals surface area contributed by atoms with E-state index in [1.807, 2.05) is 23.6 Å². The number of fused-ring (bicyclic) bond motifs is 4. The van der Waals surface area contributed by atoms with E-state index in [4.69, 9.17) is 9.90 Å². The molecular weight excluding hydrogens is 378 g/mol. The quantitative estimate of drug-likeness (QED) is 0.582. The number of piperidine rings is 3. The molecule has 1 amide bonds. The highest BCUT2D eigenvalue weighted by Crippen LogP contribution is 2.29. The van der Waals surface area contributed by atoms with Crippen molar-refractivity contribution in [3.05, 3.63) is 35.5 Å². The minimum Gasteiger partial charge on any atom is -0.483 e. The zero-order valence-electron chi connectivity index (χ0n) is 15.2. The first-order chi connectivity index (χ1) is 13.7. The zero-order chi connectivity index (χ0) is 19.5. The molecule has 146 valence electrons. The summed E-state index contributed by atoms with van der Waals surface area (Å²) >= 11 is 1.60. The second-order valence-electron chi connectivity index (χ2n) is 6.99. The van der Waals surface area contributed by atoms with E-state index in [1.54, 1.807) is 17.5 Å². The summed E-state index contributed by atoms with van der Waals surface area (Å²) in [4.78, 5) is 27.9. The van der Waals surface area contributed by atoms with E-state index in [0.29, 0.717) is 11.6 Å². The molecule has 3 aromatic rings. The van der Waals surface area contributed by atoms with Crippen LogP contribution in [-0.4, -0.2) is 63.2 Å². The Morgan fingerprint density at radius 1 is 1.36 bits per heavy atom. The van der Waals surface area contributed by atoms with Gasteiger partial charge >= 0.3 is 0 Å². The monoisotopic (exact) mass is 399 g/mol. The first-order valence-electron chi connectivity index (χ1n) is 9.18. The van der Waals surface area contributed by atoms with Gasteiger partial charge in [0.25, 0.3) is 12.4 Å². The molecule has 0 spiro atoms. The molecule has 1 aromatic carbocycles. The molecule has 0 saturated carbocycles. The van der Waals surface area contributed by atoms with Crippen LogP contribution in [0, 0.1) is 5.92 Å². The molecule has 3 saturated heterocycles. The Morgan fingerprint density at radius 2 is 2.14 bits per heavy atom. The van der Waals surface area contributed by atoms with Gasteiger partial charge < -0.3 is 15.3 Å². The summed E-state index contributed by atoms with van der Waals surface area (Å²) in [7, 11) is 0. The van der Waals surface area contributed by atoms with E-state index in [0.717, 1.165) is 28.0 Å². The number of nitrogens with one attached hydrogen (secondary N) is 2. The van der Waals surface area contributed by atoms with E-state index in [1.165, 1.54) is 25.9 Å². The van der Waals surface area contributed by atoms with Crippen molar-refractivity contribution in [2.75, 3.05) is 19.6 Å². The lowest BCUT2D eigenvalue weighted by Crippen LogP contribution is -2.57. The molecule has 3 aliphatic rings. The van der Waals surface area contributed by atoms with Gasteiger partial charge in [-0.2, -0.15) is 5.10 Å². The maximum atomic E-state index is 12.8. The van der Waals surface area contributed by atoms with Crippen LogP contribution in [0.2, 0.25) is 0 Å². The summed E-state index contributed by atoms with van der Waals surface area (Å²) < 4.78 is 0. The number of H-pyrrole nitrogens is 1. The molecule has 8 nitrogen and oxygen atoms in total. The number of hydrogen-bond acceptors (Lipinski definition) is 6. The smallest absolute Gasteiger partial charge is 0.290 e. The van der Waals surface area contributed by atoms with Crippen molar-refractivity contribution in [3.8, 4) is 10.6 Å². The molecule has 5 heterocycles. The van der Waals surface area contributed by atoms with Crippen molar-refractivity contribution >= 4 is 34.6 Å². The van der Waals surface area contributed by atoms with E-state index in [-0.39, 0.29) is 18.4 Å². The summed E-state index contributed by atoms with van der Waals surface area (Å²) in [5, 5.41) is 21.2. The van der Waals surface area contributed by atoms with Gasteiger partial charge in [0.15, 0.2) is 5.69 Å². The maximum absolute atomic E-state index is 12.8. The molecule has 2 bridgehead atoms. The molecule has 9 heteroatoms. The summed E-state index contributed by atoms with van der Waals surface area (Å²) in [5.41, 5.74) is 2.39. The number of benzene rings is 1. The third-order valence-corrected chi connectivity index (χ3v) is 6.25. The fourth-order valence-corrected chi connectivity index (χ4v) is 4.69. The summed E-state index contributed by atoms with van der Waals surface area (Å²) in [6.07, 6.45) is 4.16. The van der Waals surface area contributed by atoms with Crippen LogP contribution in [0.5, 0.6) is 0 Å². The molecule has 3 N–H and O–H groups in total. The fraction of sp³-hybridized carbons (Fsp3) is 0.368. The third kappa shape index (κ3) is 3.63. The van der Waals surface area contributed by atoms with Crippen molar-refractivity contribution in [2.24, 2.45) is 5.92 Å². The van der Waals surface area contributed by atoms with Crippen molar-refractivity contribution in [1.29, 1.82) is 0 Å². The number of aromatic nitrogens is 3. The number of nitrogens with zero attached hydrogens (tertiary/aromatic N) is 3. The van der Waals surface area contributed by atoms with Crippen molar-refractivity contribution in [2.45, 2.75) is 18.9 Å². The van der Waals surface area contributed by atoms with Gasteiger partial charge in [-0.25, -0.2) is 4.98 Å². The summed E-state index contributed by atoms with van der Waals surface area (Å²) in [6, 6.07) is 6.21. The third-order valence-electron chi connectivity index (χ3n) is 5.43. The largest absolute Gasteiger partial charge is 0.483 e. The Bertz CT molecular complexity index is 963. The molecule has 2 aromatic heterocycles. The molecule has 3 fully saturated rings. The zero-order valence-corrected chi connectivity index (χ0v) is 16.0. The topological polar surface area (TPSA) is 111 Å². The first-order valence-corrected chi connectivity index (χ1v) is 10.1. The van der Waals surface area contributed by atoms with Gasteiger partial charge in [-0.05, 0) is 44.0 Å². The Balaban J connectivity index is 0.000000604. The Morgan fingerprint density at radius 3 is 2.79 bits per heavy atom. The maximum Gasteiger partial charge on any atom is 0.290 e. The standard InChI is InChI=1S/C18H19N5OS.CH2O2/c24-17(20-15-10-23-6-3-11(15)4-7-23)16-13-2-1-12(9-14(13)21-22-16)18-19-5-8-25-18;2-1-3/h1-2,5,8-9,11,15H,3-4,6-7,10H2,(H,20,24)(H,21,22);1H,(H,2,3)/t15-;/m0./s1. The second kappa shape index (κ2) is 8.07. The average Bonchev–Trinajstić information content (AvgIpc) is 3.39. The predicted molar refractivity (Wildman–Crippen MR) is 106 cm³/mol. The molecular formula is C19H21N5O3S. The van der Waals surface area contributed by atoms with E-state index in [2.05, 4.69) is 25.4 Å². The predicted octanol–water partition coefficient (Wildman–Crippen LogP) is 2.21. The van der Waals surface area contributed by atoms with Crippen LogP contribution in [0.25, 0.3) is 21.5 Å². The van der Waals surface area contributed by atoms with Crippen LogP contribution >= 0.6 is 11.3 Å². The number of hydrogen-bond donors (Lipinski definition) is 3. The molecule has 3 aliphatic heterocycles. The lowest BCUT2D eigenvalue weighted by Gasteiger charge is -2.44. The molecule has 28 heavy (non-hydrogen) atoms. The summed E-state index contributed by atoms with van der Waals surface area (Å²) in [6.45, 7) is 3.05. The number of rotatable bonds is 3. The van der Waals surface area contributed by atoms with Crippen LogP contribution in [0.1, 0.15) is 23.3 Å². The van der Waals surface area contributed by atoms with Gasteiger partial charge in [0, 0.05) is 35.1 Å². The fourth-order valence-electron chi connectivity index (χ4n) is 4.06. The molecule has 1 atom stereocenters. The van der Waals surface area contributed by atoms with Crippen LogP contribution < -0.4 is 5.32 Å². The number of aromatic amines is 1. The summed E-state index contributed by atoms with van der Waals surface area (Å²) in [5.74, 6) is 0.530. The SMILES string of the molecule is O=C(N[C@H]1CN2CCC1CC2)c1n[nH]c2cc(-c3nccs3)ccc12.O=CO. The number of carbonyl (C=O) groups is 2. The Hall–Kier alpha value is -2.78. The van der Waals surface area contributed by atoms with Gasteiger partial charge in [0.1, 0.15) is 5.01 Å². The van der Waals surface area contributed by atoms with Crippen LogP contribution in [0.15, 0.2) is 29.8 Å². The molecule has 0 unspecified atom stereocenters. The van der Waals surface area contributed by atoms with Crippen LogP contribution in [0.4, 0.5) is 0 Å². The average molecular weight is 399 g/mol. The lowest BCUT2D eigenvalue weighted by atomic mass is 9.84. The van der Waals surface area contributed by atoms with Gasteiger partial charge in [-0.1, -0.05) is 6.07 Å². The molecule has 6 rings (SSSR count). The van der Waals surface area contributed by atoms with Gasteiger partial charge in [-0.15, -0.1) is 11.3 Å². The number of thiazole rings is 1. The Labute approximate surface area is 165 Å². The van der Waals surface area contributed by atoms with Crippen LogP contribution in [-0.2, 0) is 4.79 Å². The van der Waals surface area contributed by atoms with Gasteiger partial charge in [0.2, 0.25) is 0 Å². The lowest BCUT2D eigenvalue weighted by molar-refractivity contribution is -0.122. The Kier molecular flexibility index (Phi) is 5.36. The molecule has 0 aliphatic carbocycles. The second-order valence-corrected chi connectivity index (χ2v) is 7.89. The highest BCUT2D eigenvalue weighted by molar-refractivity contribution is 7.13. The highest BCUT2D eigenvalue weighted by Gasteiger charge is 2.35. The van der Waals surface area contributed by atoms with Crippen molar-refractivity contribution in [3.63, 3.8) is 0 Å². The van der Waals surface area contributed by atoms with Crippen molar-refractivity contribution < 1.29 is 14.7 Å². The molecule has 0 radical (unpaired) electrons. The minimum absolute atomic E-state index is 0.0769. The van der Waals surface area contributed by atoms with E-state index in [9.17, 15) is 4.79 Å². The minimum atomic E-state index is -0.250. The van der Waals surface area contributed by atoms with Gasteiger partial charge in [0.05, 0.1) is 5.52 Å². The highest BCUT2D eigenvalue weighted by atomic mass is 32.1. The normalized spacial score (nSPS) is 23.1. The van der Waals surface area contributed by atoms with Gasteiger partial charge in [-0.3, -0.25) is 14.7 Å². The number of amides is 1.